The fourth-order valence-corrected chi connectivity index (χ4v) is 3.23. The SMILES string of the molecule is CN(Cc1cnn(C)c1)C(=O)CNC(c1ccccc1)c1ccc(Br)cc1. The van der Waals surface area contributed by atoms with Crippen LogP contribution in [-0.4, -0.2) is 34.2 Å². The first-order valence-electron chi connectivity index (χ1n) is 8.78. The van der Waals surface area contributed by atoms with E-state index in [1.807, 2.05) is 50.6 Å². The Labute approximate surface area is 168 Å². The van der Waals surface area contributed by atoms with Crippen LogP contribution in [0.4, 0.5) is 0 Å². The van der Waals surface area contributed by atoms with Gasteiger partial charge in [0, 0.05) is 36.9 Å². The summed E-state index contributed by atoms with van der Waals surface area (Å²) >= 11 is 3.48. The van der Waals surface area contributed by atoms with E-state index in [-0.39, 0.29) is 18.5 Å². The number of hydrogen-bond acceptors (Lipinski definition) is 3. The number of amides is 1. The molecule has 6 heteroatoms. The van der Waals surface area contributed by atoms with Gasteiger partial charge < -0.3 is 4.90 Å². The van der Waals surface area contributed by atoms with Crippen molar-refractivity contribution in [2.75, 3.05) is 13.6 Å². The Balaban J connectivity index is 1.68. The molecule has 0 saturated heterocycles. The van der Waals surface area contributed by atoms with Gasteiger partial charge in [0.1, 0.15) is 0 Å². The lowest BCUT2D eigenvalue weighted by Gasteiger charge is -2.22. The van der Waals surface area contributed by atoms with Crippen LogP contribution in [0.5, 0.6) is 0 Å². The lowest BCUT2D eigenvalue weighted by atomic mass is 9.99. The Kier molecular flexibility index (Phi) is 6.42. The van der Waals surface area contributed by atoms with Crippen molar-refractivity contribution >= 4 is 21.8 Å². The minimum atomic E-state index is -0.0463. The predicted octanol–water partition coefficient (Wildman–Crippen LogP) is 3.52. The number of nitrogens with one attached hydrogen (secondary N) is 1. The van der Waals surface area contributed by atoms with E-state index in [0.29, 0.717) is 6.54 Å². The van der Waals surface area contributed by atoms with Gasteiger partial charge in [-0.05, 0) is 23.3 Å². The summed E-state index contributed by atoms with van der Waals surface area (Å²) in [6.07, 6.45) is 3.71. The van der Waals surface area contributed by atoms with Gasteiger partial charge in [0.25, 0.3) is 0 Å². The van der Waals surface area contributed by atoms with Crippen molar-refractivity contribution in [1.82, 2.24) is 20.0 Å². The van der Waals surface area contributed by atoms with E-state index in [9.17, 15) is 4.79 Å². The van der Waals surface area contributed by atoms with Crippen LogP contribution in [0.2, 0.25) is 0 Å². The molecule has 0 saturated carbocycles. The van der Waals surface area contributed by atoms with Crippen molar-refractivity contribution in [2.24, 2.45) is 7.05 Å². The van der Waals surface area contributed by atoms with Gasteiger partial charge in [-0.15, -0.1) is 0 Å². The highest BCUT2D eigenvalue weighted by molar-refractivity contribution is 9.10. The van der Waals surface area contributed by atoms with Gasteiger partial charge in [-0.1, -0.05) is 58.4 Å². The van der Waals surface area contributed by atoms with Crippen molar-refractivity contribution < 1.29 is 4.79 Å². The van der Waals surface area contributed by atoms with Gasteiger partial charge in [-0.2, -0.15) is 5.10 Å². The van der Waals surface area contributed by atoms with Crippen molar-refractivity contribution in [1.29, 1.82) is 0 Å². The fourth-order valence-electron chi connectivity index (χ4n) is 2.97. The summed E-state index contributed by atoms with van der Waals surface area (Å²) < 4.78 is 2.77. The molecule has 1 unspecified atom stereocenters. The molecule has 1 aromatic heterocycles. The number of rotatable bonds is 7. The molecule has 2 aromatic carbocycles. The number of aromatic nitrogens is 2. The number of benzene rings is 2. The third-order valence-corrected chi connectivity index (χ3v) is 4.93. The third kappa shape index (κ3) is 5.28. The van der Waals surface area contributed by atoms with Crippen LogP contribution >= 0.6 is 15.9 Å². The molecule has 0 bridgehead atoms. The van der Waals surface area contributed by atoms with E-state index in [0.717, 1.165) is 21.2 Å². The quantitative estimate of drug-likeness (QED) is 0.628. The summed E-state index contributed by atoms with van der Waals surface area (Å²) in [4.78, 5) is 14.3. The average molecular weight is 427 g/mol. The van der Waals surface area contributed by atoms with Gasteiger partial charge in [-0.25, -0.2) is 0 Å². The standard InChI is InChI=1S/C21H23BrN4O/c1-25(14-16-12-24-26(2)15-16)20(27)13-23-21(17-6-4-3-5-7-17)18-8-10-19(22)11-9-18/h3-12,15,21,23H,13-14H2,1-2H3. The maximum Gasteiger partial charge on any atom is 0.236 e. The van der Waals surface area contributed by atoms with Crippen LogP contribution < -0.4 is 5.32 Å². The normalized spacial score (nSPS) is 12.0. The van der Waals surface area contributed by atoms with E-state index < -0.39 is 0 Å². The molecule has 140 valence electrons. The molecule has 1 amide bonds. The third-order valence-electron chi connectivity index (χ3n) is 4.40. The van der Waals surface area contributed by atoms with Crippen molar-refractivity contribution in [2.45, 2.75) is 12.6 Å². The summed E-state index contributed by atoms with van der Waals surface area (Å²) in [5.74, 6) is 0.0388. The Morgan fingerprint density at radius 3 is 2.44 bits per heavy atom. The second kappa shape index (κ2) is 8.97. The first-order chi connectivity index (χ1) is 13.0. The van der Waals surface area contributed by atoms with Crippen LogP contribution in [0, 0.1) is 0 Å². The van der Waals surface area contributed by atoms with E-state index >= 15 is 0 Å². The summed E-state index contributed by atoms with van der Waals surface area (Å²) in [6.45, 7) is 0.801. The van der Waals surface area contributed by atoms with Crippen LogP contribution in [0.1, 0.15) is 22.7 Å². The Hall–Kier alpha value is -2.44. The van der Waals surface area contributed by atoms with Crippen LogP contribution in [0.25, 0.3) is 0 Å². The lowest BCUT2D eigenvalue weighted by molar-refractivity contribution is -0.129. The van der Waals surface area contributed by atoms with Gasteiger partial charge in [-0.3, -0.25) is 14.8 Å². The van der Waals surface area contributed by atoms with Crippen LogP contribution in [0.3, 0.4) is 0 Å². The molecule has 5 nitrogen and oxygen atoms in total. The topological polar surface area (TPSA) is 50.2 Å². The summed E-state index contributed by atoms with van der Waals surface area (Å²) in [6, 6.07) is 18.3. The summed E-state index contributed by atoms with van der Waals surface area (Å²) in [5, 5.41) is 7.56. The zero-order valence-electron chi connectivity index (χ0n) is 15.5. The molecular formula is C21H23BrN4O. The Bertz CT molecular complexity index is 877. The number of carbonyl (C=O) groups is 1. The molecule has 27 heavy (non-hydrogen) atoms. The van der Waals surface area contributed by atoms with Crippen molar-refractivity contribution in [3.05, 3.63) is 88.2 Å². The Morgan fingerprint density at radius 1 is 1.15 bits per heavy atom. The smallest absolute Gasteiger partial charge is 0.236 e. The molecule has 1 N–H and O–H groups in total. The molecule has 1 atom stereocenters. The zero-order valence-corrected chi connectivity index (χ0v) is 17.1. The van der Waals surface area contributed by atoms with E-state index in [4.69, 9.17) is 0 Å². The van der Waals surface area contributed by atoms with E-state index in [2.05, 4.69) is 50.6 Å². The summed E-state index contributed by atoms with van der Waals surface area (Å²) in [7, 11) is 3.68. The average Bonchev–Trinajstić information content (AvgIpc) is 3.08. The summed E-state index contributed by atoms with van der Waals surface area (Å²) in [5.41, 5.74) is 3.26. The minimum absolute atomic E-state index is 0.0388. The molecule has 0 aliphatic heterocycles. The second-order valence-corrected chi connectivity index (χ2v) is 7.46. The number of hydrogen-bond donors (Lipinski definition) is 1. The number of halogens is 1. The zero-order chi connectivity index (χ0) is 19.2. The van der Waals surface area contributed by atoms with Crippen LogP contribution in [0.15, 0.2) is 71.5 Å². The molecule has 1 heterocycles. The fraction of sp³-hybridized carbons (Fsp3) is 0.238. The molecule has 0 aliphatic carbocycles. The van der Waals surface area contributed by atoms with E-state index in [1.54, 1.807) is 15.8 Å². The molecule has 0 spiro atoms. The van der Waals surface area contributed by atoms with Gasteiger partial charge in [0.05, 0.1) is 18.8 Å². The molecule has 0 fully saturated rings. The first-order valence-corrected chi connectivity index (χ1v) is 9.57. The number of likely N-dealkylation sites (N-methyl/N-ethyl adjacent to an activating group) is 1. The van der Waals surface area contributed by atoms with Crippen molar-refractivity contribution in [3.63, 3.8) is 0 Å². The van der Waals surface area contributed by atoms with Gasteiger partial charge >= 0.3 is 0 Å². The maximum atomic E-state index is 12.6. The predicted molar refractivity (Wildman–Crippen MR) is 110 cm³/mol. The maximum absolute atomic E-state index is 12.6. The van der Waals surface area contributed by atoms with Gasteiger partial charge in [0.2, 0.25) is 5.91 Å². The highest BCUT2D eigenvalue weighted by Crippen LogP contribution is 2.23. The second-order valence-electron chi connectivity index (χ2n) is 6.55. The molecule has 0 radical (unpaired) electrons. The lowest BCUT2D eigenvalue weighted by Crippen LogP contribution is -2.37. The first kappa shape index (κ1) is 19.3. The molecule has 3 aromatic rings. The minimum Gasteiger partial charge on any atom is -0.340 e. The highest BCUT2D eigenvalue weighted by Gasteiger charge is 2.17. The molecule has 0 aliphatic rings. The number of aryl methyl sites for hydroxylation is 1. The molecular weight excluding hydrogens is 404 g/mol. The molecule has 3 rings (SSSR count). The monoisotopic (exact) mass is 426 g/mol. The largest absolute Gasteiger partial charge is 0.340 e. The van der Waals surface area contributed by atoms with Crippen molar-refractivity contribution in [3.8, 4) is 0 Å². The number of nitrogens with zero attached hydrogens (tertiary/aromatic N) is 3. The number of carbonyl (C=O) groups excluding carboxylic acids is 1. The van der Waals surface area contributed by atoms with Gasteiger partial charge in [0.15, 0.2) is 0 Å². The Morgan fingerprint density at radius 2 is 1.81 bits per heavy atom. The highest BCUT2D eigenvalue weighted by atomic mass is 79.9. The van der Waals surface area contributed by atoms with Crippen LogP contribution in [-0.2, 0) is 18.4 Å². The van der Waals surface area contributed by atoms with E-state index in [1.165, 1.54) is 0 Å².